The van der Waals surface area contributed by atoms with E-state index in [-0.39, 0.29) is 0 Å². The Morgan fingerprint density at radius 2 is 0.435 bits per heavy atom. The summed E-state index contributed by atoms with van der Waals surface area (Å²) in [7, 11) is 6.91. The van der Waals surface area contributed by atoms with Crippen LogP contribution in [-0.4, -0.2) is 46.7 Å². The van der Waals surface area contributed by atoms with Crippen LogP contribution in [0, 0.1) is 0 Å². The predicted molar refractivity (Wildman–Crippen MR) is 346 cm³/mol. The zero-order valence-corrected chi connectivity index (χ0v) is 47.0. The van der Waals surface area contributed by atoms with Crippen molar-refractivity contribution < 1.29 is 18.9 Å². The van der Waals surface area contributed by atoms with E-state index in [4.69, 9.17) is 18.9 Å². The van der Waals surface area contributed by atoms with Crippen molar-refractivity contribution in [3.05, 3.63) is 265 Å². The lowest BCUT2D eigenvalue weighted by molar-refractivity contribution is 0.414. The van der Waals surface area contributed by atoms with E-state index < -0.39 is 5.41 Å². The molecule has 2 aliphatic rings. The van der Waals surface area contributed by atoms with Crippen molar-refractivity contribution in [1.29, 1.82) is 0 Å². The minimum absolute atomic E-state index is 0.806. The van der Waals surface area contributed by atoms with E-state index in [0.717, 1.165) is 89.9 Å². The molecule has 0 saturated carbocycles. The van der Waals surface area contributed by atoms with E-state index >= 15 is 0 Å². The van der Waals surface area contributed by atoms with Crippen molar-refractivity contribution in [2.24, 2.45) is 0 Å². The van der Waals surface area contributed by atoms with Crippen molar-refractivity contribution in [3.8, 4) is 68.0 Å². The van der Waals surface area contributed by atoms with Crippen LogP contribution >= 0.6 is 0 Å². The molecule has 4 aromatic heterocycles. The number of benzene rings is 12. The lowest BCUT2D eigenvalue weighted by Gasteiger charge is -2.31. The molecule has 0 fully saturated rings. The summed E-state index contributed by atoms with van der Waals surface area (Å²) in [5.74, 6) is 3.27. The molecule has 4 heterocycles. The van der Waals surface area contributed by atoms with Gasteiger partial charge in [0.15, 0.2) is 0 Å². The van der Waals surface area contributed by atoms with E-state index in [9.17, 15) is 0 Å². The van der Waals surface area contributed by atoms with Crippen LogP contribution in [0.2, 0.25) is 0 Å². The highest BCUT2D eigenvalue weighted by molar-refractivity contribution is 6.19. The van der Waals surface area contributed by atoms with Gasteiger partial charge in [-0.05, 0) is 214 Å². The molecule has 8 heteroatoms. The van der Waals surface area contributed by atoms with E-state index in [1.165, 1.54) is 87.6 Å². The third kappa shape index (κ3) is 6.34. The van der Waals surface area contributed by atoms with Crippen LogP contribution in [0.1, 0.15) is 22.3 Å². The predicted octanol–water partition coefficient (Wildman–Crippen LogP) is 18.5. The van der Waals surface area contributed by atoms with Gasteiger partial charge >= 0.3 is 0 Å². The maximum atomic E-state index is 5.72. The van der Waals surface area contributed by atoms with Crippen LogP contribution in [0.3, 0.4) is 0 Å². The van der Waals surface area contributed by atoms with Crippen LogP contribution in [0.15, 0.2) is 243 Å². The topological polar surface area (TPSA) is 56.6 Å². The third-order valence-electron chi connectivity index (χ3n) is 18.8. The average molecular weight is 1100 g/mol. The minimum atomic E-state index is -0.806. The van der Waals surface area contributed by atoms with Gasteiger partial charge < -0.3 is 37.2 Å². The standard InChI is InChI=1S/C77H52N4O4/c1-82-49-29-21-45(22-30-49)78-69-17-9-5-13-53(69)61-37-65-57(41-73(61)78)58-42-74-62(54-14-6-10-18-70(54)79(74)46-23-31-50(83-2)32-24-46)38-66(58)77(65)67-39-63-55-15-7-11-19-71(55)80(47-25-33-51(84-3)34-26-47)75(63)43-59(67)60-44-76-64(40-68(60)77)56-16-8-12-20-72(56)81(76)48-27-35-52(85-4)36-28-48/h5-44H,1-4H3. The molecule has 0 N–H and O–H groups in total. The Bertz CT molecular complexity index is 4820. The van der Waals surface area contributed by atoms with Crippen LogP contribution in [0.25, 0.3) is 132 Å². The fourth-order valence-electron chi connectivity index (χ4n) is 15.1. The molecule has 404 valence electrons. The number of hydrogen-bond acceptors (Lipinski definition) is 4. The smallest absolute Gasteiger partial charge is 0.119 e. The molecule has 0 radical (unpaired) electrons. The molecular formula is C77H52N4O4. The minimum Gasteiger partial charge on any atom is -0.497 e. The molecule has 0 aliphatic heterocycles. The highest BCUT2D eigenvalue weighted by Crippen LogP contribution is 2.66. The van der Waals surface area contributed by atoms with Crippen LogP contribution < -0.4 is 18.9 Å². The number of nitrogens with zero attached hydrogens (tertiary/aromatic N) is 4. The van der Waals surface area contributed by atoms with E-state index in [0.29, 0.717) is 0 Å². The maximum Gasteiger partial charge on any atom is 0.119 e. The molecule has 8 nitrogen and oxygen atoms in total. The molecule has 0 unspecified atom stereocenters. The zero-order valence-electron chi connectivity index (χ0n) is 47.0. The summed E-state index contributed by atoms with van der Waals surface area (Å²) in [6, 6.07) is 89.8. The van der Waals surface area contributed by atoms with Gasteiger partial charge in [0.25, 0.3) is 0 Å². The normalized spacial score (nSPS) is 13.0. The number of fused-ring (bicyclic) bond motifs is 22. The van der Waals surface area contributed by atoms with Crippen LogP contribution in [0.4, 0.5) is 0 Å². The fraction of sp³-hybridized carbons (Fsp3) is 0.0649. The van der Waals surface area contributed by atoms with Gasteiger partial charge in [-0.2, -0.15) is 0 Å². The van der Waals surface area contributed by atoms with Crippen molar-refractivity contribution in [2.75, 3.05) is 28.4 Å². The lowest BCUT2D eigenvalue weighted by Crippen LogP contribution is -2.26. The fourth-order valence-corrected chi connectivity index (χ4v) is 15.1. The first kappa shape index (κ1) is 47.7. The summed E-state index contributed by atoms with van der Waals surface area (Å²) < 4.78 is 32.6. The quantitative estimate of drug-likeness (QED) is 0.152. The first-order valence-electron chi connectivity index (χ1n) is 28.8. The van der Waals surface area contributed by atoms with Gasteiger partial charge in [-0.1, -0.05) is 72.8 Å². The Labute approximate surface area is 488 Å². The number of aromatic nitrogens is 4. The van der Waals surface area contributed by atoms with Gasteiger partial charge in [0.05, 0.1) is 78.0 Å². The summed E-state index contributed by atoms with van der Waals surface area (Å²) in [6.45, 7) is 0. The second-order valence-corrected chi connectivity index (χ2v) is 22.6. The van der Waals surface area contributed by atoms with Crippen molar-refractivity contribution >= 4 is 87.2 Å². The molecule has 0 bridgehead atoms. The molecule has 1 spiro atoms. The molecule has 85 heavy (non-hydrogen) atoms. The van der Waals surface area contributed by atoms with E-state index in [1.54, 1.807) is 28.4 Å². The van der Waals surface area contributed by atoms with Crippen molar-refractivity contribution in [2.45, 2.75) is 5.41 Å². The molecule has 18 rings (SSSR count). The third-order valence-corrected chi connectivity index (χ3v) is 18.8. The number of rotatable bonds is 8. The Kier molecular flexibility index (Phi) is 9.83. The van der Waals surface area contributed by atoms with Crippen molar-refractivity contribution in [3.63, 3.8) is 0 Å². The Morgan fingerprint density at radius 3 is 0.647 bits per heavy atom. The highest BCUT2D eigenvalue weighted by Gasteiger charge is 2.53. The van der Waals surface area contributed by atoms with Gasteiger partial charge in [-0.15, -0.1) is 0 Å². The lowest BCUT2D eigenvalue weighted by atomic mass is 9.69. The average Bonchev–Trinajstić information content (AvgIpc) is 1.54. The van der Waals surface area contributed by atoms with Crippen LogP contribution in [0.5, 0.6) is 23.0 Å². The molecular weight excluding hydrogens is 1040 g/mol. The second kappa shape index (κ2) is 17.5. The number of methoxy groups -OCH3 is 4. The maximum absolute atomic E-state index is 5.72. The Balaban J connectivity index is 1.04. The summed E-state index contributed by atoms with van der Waals surface area (Å²) in [5.41, 5.74) is 22.4. The van der Waals surface area contributed by atoms with Gasteiger partial charge in [0.2, 0.25) is 0 Å². The Hall–Kier alpha value is -11.0. The first-order chi connectivity index (χ1) is 41.9. The summed E-state index contributed by atoms with van der Waals surface area (Å²) in [5, 5.41) is 9.55. The monoisotopic (exact) mass is 1100 g/mol. The number of ether oxygens (including phenoxy) is 4. The van der Waals surface area contributed by atoms with Gasteiger partial charge in [-0.25, -0.2) is 0 Å². The molecule has 12 aromatic carbocycles. The molecule has 0 atom stereocenters. The van der Waals surface area contributed by atoms with Crippen LogP contribution in [-0.2, 0) is 5.41 Å². The van der Waals surface area contributed by atoms with Gasteiger partial charge in [-0.3, -0.25) is 0 Å². The van der Waals surface area contributed by atoms with E-state index in [2.05, 4.69) is 261 Å². The number of para-hydroxylation sites is 4. The Morgan fingerprint density at radius 1 is 0.224 bits per heavy atom. The largest absolute Gasteiger partial charge is 0.497 e. The van der Waals surface area contributed by atoms with E-state index in [1.807, 2.05) is 0 Å². The first-order valence-corrected chi connectivity index (χ1v) is 28.8. The molecule has 2 aliphatic carbocycles. The zero-order chi connectivity index (χ0) is 56.4. The van der Waals surface area contributed by atoms with Gasteiger partial charge in [0, 0.05) is 65.8 Å². The highest BCUT2D eigenvalue weighted by atomic mass is 16.5. The second-order valence-electron chi connectivity index (χ2n) is 22.6. The van der Waals surface area contributed by atoms with Gasteiger partial charge in [0.1, 0.15) is 23.0 Å². The molecule has 0 saturated heterocycles. The molecule has 16 aromatic rings. The SMILES string of the molecule is COc1ccc(-n2c3ccccc3c3cc4c(cc32)-c2cc3c(cc2C42c4cc5c6ccccc6n(-c6ccc(OC)cc6)c5cc4-c4cc5c(cc42)c2ccccc2n5-c2ccc(OC)cc2)c2ccccc2n3-c2ccc(OC)cc2)cc1. The van der Waals surface area contributed by atoms with Crippen molar-refractivity contribution in [1.82, 2.24) is 18.3 Å². The summed E-state index contributed by atoms with van der Waals surface area (Å²) in [4.78, 5) is 0. The molecule has 0 amide bonds. The summed E-state index contributed by atoms with van der Waals surface area (Å²) in [6.07, 6.45) is 0. The number of hydrogen-bond donors (Lipinski definition) is 0. The summed E-state index contributed by atoms with van der Waals surface area (Å²) >= 11 is 0.